The van der Waals surface area contributed by atoms with Gasteiger partial charge >= 0.3 is 5.97 Å². The Kier molecular flexibility index (Phi) is 7.84. The number of carboxylic acids is 1. The van der Waals surface area contributed by atoms with Crippen molar-refractivity contribution in [3.8, 4) is 0 Å². The van der Waals surface area contributed by atoms with Crippen LogP contribution in [-0.2, 0) is 25.0 Å². The van der Waals surface area contributed by atoms with Crippen LogP contribution in [0.1, 0.15) is 44.6 Å². The predicted molar refractivity (Wildman–Crippen MR) is 121 cm³/mol. The first-order chi connectivity index (χ1) is 14.7. The average molecular weight is 564 g/mol. The van der Waals surface area contributed by atoms with Gasteiger partial charge in [0.1, 0.15) is 16.3 Å². The lowest BCUT2D eigenvalue weighted by atomic mass is 9.94. The molecule has 0 amide bonds. The highest BCUT2D eigenvalue weighted by atomic mass is 79.9. The Morgan fingerprint density at radius 1 is 0.939 bits per heavy atom. The van der Waals surface area contributed by atoms with Crippen LogP contribution in [0.3, 0.4) is 0 Å². The highest BCUT2D eigenvalue weighted by Gasteiger charge is 2.39. The summed E-state index contributed by atoms with van der Waals surface area (Å²) in [5.74, 6) is -0.845. The molecule has 0 radical (unpaired) electrons. The molecule has 0 bridgehead atoms. The molecule has 2 aromatic carbocycles. The van der Waals surface area contributed by atoms with Crippen molar-refractivity contribution in [2.45, 2.75) is 48.8 Å². The van der Waals surface area contributed by atoms with Crippen molar-refractivity contribution in [3.63, 3.8) is 0 Å². The van der Waals surface area contributed by atoms with Crippen molar-refractivity contribution in [1.82, 2.24) is 4.48 Å². The van der Waals surface area contributed by atoms with E-state index in [1.165, 1.54) is 18.2 Å². The number of carboxylic acid groups (broad SMARTS) is 1. The Morgan fingerprint density at radius 3 is 2.12 bits per heavy atom. The second-order valence-corrected chi connectivity index (χ2v) is 11.2. The van der Waals surface area contributed by atoms with Crippen LogP contribution in [0.15, 0.2) is 39.8 Å². The quantitative estimate of drug-likeness (QED) is 0.241. The normalized spacial score (nSPS) is 15.4. The molecule has 33 heavy (non-hydrogen) atoms. The number of quaternary nitrogens is 1. The number of benzene rings is 2. The van der Waals surface area contributed by atoms with Crippen molar-refractivity contribution in [1.29, 1.82) is 0 Å². The van der Waals surface area contributed by atoms with E-state index in [1.54, 1.807) is 0 Å². The third-order valence-corrected chi connectivity index (χ3v) is 7.87. The van der Waals surface area contributed by atoms with Gasteiger partial charge in [-0.1, -0.05) is 12.5 Å². The molecular formula is C21H26BrNO8S2. The van der Waals surface area contributed by atoms with Crippen LogP contribution in [0.2, 0.25) is 0 Å². The Hall–Kier alpha value is -1.83. The zero-order valence-corrected chi connectivity index (χ0v) is 21.6. The summed E-state index contributed by atoms with van der Waals surface area (Å²) in [5, 5.41) is 9.26. The number of aliphatic carboxylic acids is 1. The average Bonchev–Trinajstić information content (AvgIpc) is 2.85. The van der Waals surface area contributed by atoms with Gasteiger partial charge in [0.2, 0.25) is 0 Å². The highest BCUT2D eigenvalue weighted by Crippen LogP contribution is 2.50. The van der Waals surface area contributed by atoms with Crippen molar-refractivity contribution < 1.29 is 52.8 Å². The van der Waals surface area contributed by atoms with Gasteiger partial charge in [0, 0.05) is 30.4 Å². The minimum atomic E-state index is -4.69. The molecule has 0 fully saturated rings. The van der Waals surface area contributed by atoms with Gasteiger partial charge < -0.3 is 22.1 Å². The van der Waals surface area contributed by atoms with Gasteiger partial charge in [-0.05, 0) is 36.8 Å². The number of nitrogens with zero attached hydrogens (tertiary/aromatic N) is 1. The Labute approximate surface area is 203 Å². The second-order valence-electron chi connectivity index (χ2n) is 8.40. The number of carbonyl (C=O) groups is 1. The van der Waals surface area contributed by atoms with E-state index in [9.17, 15) is 30.7 Å². The smallest absolute Gasteiger partial charge is 0.303 e. The highest BCUT2D eigenvalue weighted by molar-refractivity contribution is 7.86. The molecule has 2 aromatic rings. The molecule has 0 unspecified atom stereocenters. The van der Waals surface area contributed by atoms with E-state index in [1.807, 2.05) is 21.0 Å². The van der Waals surface area contributed by atoms with Gasteiger partial charge in [0.25, 0.3) is 20.2 Å². The van der Waals surface area contributed by atoms with Crippen LogP contribution >= 0.6 is 0 Å². The molecule has 3 N–H and O–H groups in total. The van der Waals surface area contributed by atoms with Crippen LogP contribution in [-0.4, -0.2) is 51.1 Å². The third-order valence-electron chi connectivity index (χ3n) is 6.12. The maximum Gasteiger partial charge on any atom is 0.303 e. The van der Waals surface area contributed by atoms with Crippen molar-refractivity contribution >= 4 is 48.2 Å². The molecule has 0 aliphatic carbocycles. The second kappa shape index (κ2) is 9.43. The van der Waals surface area contributed by atoms with Gasteiger partial charge in [-0.15, -0.1) is 0 Å². The fourth-order valence-electron chi connectivity index (χ4n) is 4.25. The third kappa shape index (κ3) is 5.31. The maximum atomic E-state index is 12.2. The van der Waals surface area contributed by atoms with E-state index in [0.29, 0.717) is 30.3 Å². The first-order valence-electron chi connectivity index (χ1n) is 9.98. The SMILES string of the molecule is CC1=C(CCCCCC(=O)O)c2c(cc(S(=O)(=O)O)c3cc(S(=O)(=O)O)ccc23)[N+]1(C)C.[Br-]. The van der Waals surface area contributed by atoms with E-state index in [4.69, 9.17) is 5.11 Å². The van der Waals surface area contributed by atoms with Crippen molar-refractivity contribution in [2.24, 2.45) is 0 Å². The fourth-order valence-corrected chi connectivity index (χ4v) is 5.46. The van der Waals surface area contributed by atoms with E-state index in [-0.39, 0.29) is 33.3 Å². The largest absolute Gasteiger partial charge is 1.00 e. The monoisotopic (exact) mass is 563 g/mol. The summed E-state index contributed by atoms with van der Waals surface area (Å²) in [6.07, 6.45) is 2.70. The molecule has 182 valence electrons. The Balaban J connectivity index is 0.00000385. The minimum Gasteiger partial charge on any atom is -1.00 e. The summed E-state index contributed by atoms with van der Waals surface area (Å²) in [6, 6.07) is 5.03. The first kappa shape index (κ1) is 27.4. The van der Waals surface area contributed by atoms with E-state index in [2.05, 4.69) is 0 Å². The zero-order valence-electron chi connectivity index (χ0n) is 18.4. The van der Waals surface area contributed by atoms with Gasteiger partial charge in [-0.3, -0.25) is 18.4 Å². The summed E-state index contributed by atoms with van der Waals surface area (Å²) >= 11 is 0. The summed E-state index contributed by atoms with van der Waals surface area (Å²) < 4.78 is 67.1. The number of unbranched alkanes of at least 4 members (excludes halogenated alkanes) is 2. The maximum absolute atomic E-state index is 12.2. The number of fused-ring (bicyclic) bond motifs is 3. The van der Waals surface area contributed by atoms with Crippen molar-refractivity contribution in [2.75, 3.05) is 14.1 Å². The summed E-state index contributed by atoms with van der Waals surface area (Å²) in [7, 11) is -5.50. The molecular weight excluding hydrogens is 538 g/mol. The Bertz CT molecular complexity index is 1360. The number of allylic oxidation sites excluding steroid dienone is 2. The van der Waals surface area contributed by atoms with Crippen LogP contribution in [0, 0.1) is 0 Å². The number of hydrogen-bond acceptors (Lipinski definition) is 5. The lowest BCUT2D eigenvalue weighted by Gasteiger charge is -2.26. The molecule has 0 saturated heterocycles. The minimum absolute atomic E-state index is 0. The fraction of sp³-hybridized carbons (Fsp3) is 0.381. The number of halogens is 1. The lowest BCUT2D eigenvalue weighted by molar-refractivity contribution is -0.137. The van der Waals surface area contributed by atoms with Crippen molar-refractivity contribution in [3.05, 3.63) is 35.5 Å². The van der Waals surface area contributed by atoms with Crippen LogP contribution < -0.4 is 21.5 Å². The Morgan fingerprint density at radius 2 is 1.58 bits per heavy atom. The molecule has 3 rings (SSSR count). The molecule has 0 atom stereocenters. The van der Waals surface area contributed by atoms with Gasteiger partial charge in [-0.25, -0.2) is 0 Å². The number of rotatable bonds is 8. The lowest BCUT2D eigenvalue weighted by Crippen LogP contribution is -3.00. The van der Waals surface area contributed by atoms with Gasteiger partial charge in [0.05, 0.1) is 24.6 Å². The standard InChI is InChI=1S/C21H25NO8S2.BrH/c1-13-15(7-5-4-6-8-20(23)24)21-16-10-9-14(31(25,26)27)11-17(16)19(32(28,29)30)12-18(21)22(13,2)3;/h9-12H,4-8H2,1-3H3,(H2-,23,24,25,26,27,28,29,30);1H. The van der Waals surface area contributed by atoms with E-state index >= 15 is 0 Å². The van der Waals surface area contributed by atoms with E-state index < -0.39 is 36.0 Å². The van der Waals surface area contributed by atoms with E-state index in [0.717, 1.165) is 29.3 Å². The first-order valence-corrected chi connectivity index (χ1v) is 12.9. The summed E-state index contributed by atoms with van der Waals surface area (Å²) in [5.41, 5.74) is 3.33. The topological polar surface area (TPSA) is 146 Å². The van der Waals surface area contributed by atoms with Crippen LogP contribution in [0.5, 0.6) is 0 Å². The molecule has 1 aliphatic rings. The molecule has 0 aromatic heterocycles. The summed E-state index contributed by atoms with van der Waals surface area (Å²) in [6.45, 7) is 1.93. The number of hydrogen-bond donors (Lipinski definition) is 3. The van der Waals surface area contributed by atoms with Gasteiger partial charge in [-0.2, -0.15) is 16.8 Å². The van der Waals surface area contributed by atoms with Gasteiger partial charge in [0.15, 0.2) is 0 Å². The molecule has 0 spiro atoms. The summed E-state index contributed by atoms with van der Waals surface area (Å²) in [4.78, 5) is 9.83. The molecule has 0 saturated carbocycles. The van der Waals surface area contributed by atoms with Crippen LogP contribution in [0.4, 0.5) is 5.69 Å². The molecule has 9 nitrogen and oxygen atoms in total. The molecule has 12 heteroatoms. The molecule has 1 aliphatic heterocycles. The predicted octanol–water partition coefficient (Wildman–Crippen LogP) is 0.684. The molecule has 1 heterocycles. The van der Waals surface area contributed by atoms with Crippen LogP contribution in [0.25, 0.3) is 16.3 Å². The zero-order chi connectivity index (χ0) is 24.1.